The minimum Gasteiger partial charge on any atom is -0.388 e. The smallest absolute Gasteiger partial charge is 0.267 e. The van der Waals surface area contributed by atoms with E-state index in [1.807, 2.05) is 0 Å². The molecule has 0 spiro atoms. The molecule has 1 aromatic rings. The Morgan fingerprint density at radius 1 is 1.23 bits per heavy atom. The molecular formula is C22H28F2N2O4. The number of benzene rings is 1. The summed E-state index contributed by atoms with van der Waals surface area (Å²) in [6, 6.07) is 8.75. The maximum atomic E-state index is 13.3. The molecule has 0 aromatic heterocycles. The summed E-state index contributed by atoms with van der Waals surface area (Å²) in [6.45, 7) is 0.120. The maximum absolute atomic E-state index is 13.3. The van der Waals surface area contributed by atoms with Crippen molar-refractivity contribution in [3.8, 4) is 0 Å². The number of likely N-dealkylation sites (tertiary alicyclic amines) is 1. The molecule has 5 atom stereocenters. The third-order valence-electron chi connectivity index (χ3n) is 6.86. The lowest BCUT2D eigenvalue weighted by atomic mass is 10.1. The van der Waals surface area contributed by atoms with Crippen LogP contribution in [0.15, 0.2) is 24.3 Å². The van der Waals surface area contributed by atoms with Crippen molar-refractivity contribution < 1.29 is 28.2 Å². The molecule has 4 aliphatic rings. The number of rotatable bonds is 5. The van der Waals surface area contributed by atoms with Crippen LogP contribution in [-0.2, 0) is 27.1 Å². The van der Waals surface area contributed by atoms with Crippen molar-refractivity contribution in [2.45, 2.75) is 74.6 Å². The Bertz CT molecular complexity index is 782. The van der Waals surface area contributed by atoms with E-state index in [-0.39, 0.29) is 37.5 Å². The lowest BCUT2D eigenvalue weighted by Gasteiger charge is -2.23. The number of carbonyl (C=O) groups excluding carboxylic acids is 1. The number of hydrogen-bond donors (Lipinski definition) is 2. The molecule has 5 unspecified atom stereocenters. The van der Waals surface area contributed by atoms with Crippen molar-refractivity contribution in [1.29, 1.82) is 0 Å². The van der Waals surface area contributed by atoms with Crippen LogP contribution in [-0.4, -0.2) is 78.0 Å². The molecule has 0 radical (unpaired) electrons. The molecule has 3 heterocycles. The van der Waals surface area contributed by atoms with Crippen molar-refractivity contribution in [3.05, 3.63) is 35.4 Å². The first-order chi connectivity index (χ1) is 14.4. The highest BCUT2D eigenvalue weighted by atomic mass is 19.3. The first-order valence-electron chi connectivity index (χ1n) is 10.8. The van der Waals surface area contributed by atoms with Crippen molar-refractivity contribution in [2.75, 3.05) is 19.6 Å². The lowest BCUT2D eigenvalue weighted by Crippen LogP contribution is -2.42. The first kappa shape index (κ1) is 20.3. The number of amides is 1. The average Bonchev–Trinajstić information content (AvgIpc) is 3.44. The van der Waals surface area contributed by atoms with E-state index in [1.165, 1.54) is 16.0 Å². The number of ether oxygens (including phenoxy) is 2. The van der Waals surface area contributed by atoms with Crippen LogP contribution in [0.25, 0.3) is 0 Å². The van der Waals surface area contributed by atoms with Crippen molar-refractivity contribution in [3.63, 3.8) is 0 Å². The Morgan fingerprint density at radius 3 is 2.60 bits per heavy atom. The fraction of sp³-hybridized carbons (Fsp3) is 0.682. The monoisotopic (exact) mass is 422 g/mol. The fourth-order valence-corrected chi connectivity index (χ4v) is 5.27. The number of aliphatic hydroxyl groups excluding tert-OH is 1. The van der Waals surface area contributed by atoms with E-state index in [0.717, 1.165) is 12.8 Å². The molecule has 0 saturated carbocycles. The second-order valence-electron chi connectivity index (χ2n) is 9.07. The summed E-state index contributed by atoms with van der Waals surface area (Å²) in [4.78, 5) is 13.5. The molecule has 6 nitrogen and oxygen atoms in total. The van der Waals surface area contributed by atoms with E-state index >= 15 is 0 Å². The van der Waals surface area contributed by atoms with Crippen LogP contribution in [0.3, 0.4) is 0 Å². The van der Waals surface area contributed by atoms with E-state index in [1.54, 1.807) is 0 Å². The number of alkyl halides is 2. The number of aliphatic hydroxyl groups is 1. The zero-order valence-electron chi connectivity index (χ0n) is 16.8. The van der Waals surface area contributed by atoms with Crippen molar-refractivity contribution in [1.82, 2.24) is 10.2 Å². The molecule has 8 heteroatoms. The molecule has 1 amide bonds. The molecule has 1 aliphatic carbocycles. The van der Waals surface area contributed by atoms with Crippen molar-refractivity contribution in [2.24, 2.45) is 0 Å². The topological polar surface area (TPSA) is 71.0 Å². The second kappa shape index (κ2) is 7.82. The Morgan fingerprint density at radius 2 is 1.97 bits per heavy atom. The van der Waals surface area contributed by atoms with Gasteiger partial charge in [-0.15, -0.1) is 0 Å². The van der Waals surface area contributed by atoms with E-state index < -0.39 is 30.8 Å². The largest absolute Gasteiger partial charge is 0.388 e. The van der Waals surface area contributed by atoms with E-state index in [0.29, 0.717) is 19.0 Å². The Labute approximate surface area is 174 Å². The van der Waals surface area contributed by atoms with E-state index in [2.05, 4.69) is 29.6 Å². The second-order valence-corrected chi connectivity index (χ2v) is 9.07. The van der Waals surface area contributed by atoms with Crippen LogP contribution in [0.4, 0.5) is 8.78 Å². The van der Waals surface area contributed by atoms with Crippen LogP contribution in [0.5, 0.6) is 0 Å². The minimum absolute atomic E-state index is 0.0579. The molecule has 164 valence electrons. The third kappa shape index (κ3) is 3.98. The highest BCUT2D eigenvalue weighted by Crippen LogP contribution is 2.36. The van der Waals surface area contributed by atoms with Crippen molar-refractivity contribution >= 4 is 5.91 Å². The van der Waals surface area contributed by atoms with E-state index in [4.69, 9.17) is 9.47 Å². The molecule has 2 N–H and O–H groups in total. The van der Waals surface area contributed by atoms with Gasteiger partial charge in [0.15, 0.2) is 0 Å². The summed E-state index contributed by atoms with van der Waals surface area (Å²) in [5.41, 5.74) is 2.73. The quantitative estimate of drug-likeness (QED) is 0.748. The SMILES string of the molecule is O=C(CC1CC2OC(CNC3Cc4ccccc4C3)C(O)C2O1)N1CCC(F)(F)C1. The van der Waals surface area contributed by atoms with Gasteiger partial charge >= 0.3 is 0 Å². The van der Waals surface area contributed by atoms with Gasteiger partial charge in [0.2, 0.25) is 5.91 Å². The van der Waals surface area contributed by atoms with Gasteiger partial charge in [0, 0.05) is 32.0 Å². The molecule has 1 aromatic carbocycles. The summed E-state index contributed by atoms with van der Waals surface area (Å²) in [6.07, 6.45) is 0.00354. The van der Waals surface area contributed by atoms with Crippen LogP contribution >= 0.6 is 0 Å². The van der Waals surface area contributed by atoms with E-state index in [9.17, 15) is 18.7 Å². The number of hydrogen-bond acceptors (Lipinski definition) is 5. The molecule has 3 aliphatic heterocycles. The third-order valence-corrected chi connectivity index (χ3v) is 6.86. The Balaban J connectivity index is 1.08. The van der Waals surface area contributed by atoms with Gasteiger partial charge < -0.3 is 24.8 Å². The predicted octanol–water partition coefficient (Wildman–Crippen LogP) is 1.29. The summed E-state index contributed by atoms with van der Waals surface area (Å²) in [5.74, 6) is -3.10. The summed E-state index contributed by atoms with van der Waals surface area (Å²) in [5, 5.41) is 14.2. The number of halogens is 2. The fourth-order valence-electron chi connectivity index (χ4n) is 5.27. The van der Waals surface area contributed by atoms with Gasteiger partial charge in [-0.1, -0.05) is 24.3 Å². The number of nitrogens with zero attached hydrogens (tertiary/aromatic N) is 1. The predicted molar refractivity (Wildman–Crippen MR) is 104 cm³/mol. The summed E-state index contributed by atoms with van der Waals surface area (Å²) in [7, 11) is 0. The van der Waals surface area contributed by atoms with Gasteiger partial charge in [0.1, 0.15) is 12.2 Å². The molecule has 3 saturated heterocycles. The zero-order chi connectivity index (χ0) is 20.9. The highest BCUT2D eigenvalue weighted by Gasteiger charge is 2.51. The van der Waals surface area contributed by atoms with Gasteiger partial charge in [0.05, 0.1) is 31.3 Å². The van der Waals surface area contributed by atoms with Crippen LogP contribution in [0, 0.1) is 0 Å². The molecule has 3 fully saturated rings. The standard InChI is InChI=1S/C22H28F2N2O4/c23-22(24)5-6-26(12-22)19(27)10-16-9-17-21(29-16)20(28)18(30-17)11-25-15-7-13-3-1-2-4-14(13)8-15/h1-4,15-18,20-21,25,28H,5-12H2. The molecule has 0 bridgehead atoms. The van der Waals surface area contributed by atoms with Crippen LogP contribution in [0.2, 0.25) is 0 Å². The van der Waals surface area contributed by atoms with Gasteiger partial charge in [-0.25, -0.2) is 8.78 Å². The first-order valence-corrected chi connectivity index (χ1v) is 10.8. The van der Waals surface area contributed by atoms with Gasteiger partial charge in [0.25, 0.3) is 5.92 Å². The van der Waals surface area contributed by atoms with Gasteiger partial charge in [-0.2, -0.15) is 0 Å². The zero-order valence-corrected chi connectivity index (χ0v) is 16.8. The summed E-state index contributed by atoms with van der Waals surface area (Å²) >= 11 is 0. The number of carbonyl (C=O) groups is 1. The normalized spacial score (nSPS) is 35.0. The van der Waals surface area contributed by atoms with Gasteiger partial charge in [-0.3, -0.25) is 4.79 Å². The minimum atomic E-state index is -2.79. The molecule has 30 heavy (non-hydrogen) atoms. The molecular weight excluding hydrogens is 394 g/mol. The number of fused-ring (bicyclic) bond motifs is 2. The maximum Gasteiger partial charge on any atom is 0.267 e. The number of nitrogens with one attached hydrogen (secondary N) is 1. The average molecular weight is 422 g/mol. The van der Waals surface area contributed by atoms with Crippen LogP contribution in [0.1, 0.15) is 30.4 Å². The Kier molecular flexibility index (Phi) is 5.29. The lowest BCUT2D eigenvalue weighted by molar-refractivity contribution is -0.135. The highest BCUT2D eigenvalue weighted by molar-refractivity contribution is 5.77. The molecule has 5 rings (SSSR count). The van der Waals surface area contributed by atoms with Crippen LogP contribution < -0.4 is 5.32 Å². The Hall–Kier alpha value is -1.61. The van der Waals surface area contributed by atoms with Gasteiger partial charge in [-0.05, 0) is 24.0 Å². The summed E-state index contributed by atoms with van der Waals surface area (Å²) < 4.78 is 38.6.